The fourth-order valence-electron chi connectivity index (χ4n) is 3.02. The number of benzene rings is 1. The Bertz CT molecular complexity index is 966. The molecule has 8 nitrogen and oxygen atoms in total. The number of nitrogens with zero attached hydrogens (tertiary/aromatic N) is 3. The number of hydrogen-bond donors (Lipinski definition) is 0. The van der Waals surface area contributed by atoms with E-state index in [-0.39, 0.29) is 33.9 Å². The second kappa shape index (κ2) is 9.23. The lowest BCUT2D eigenvalue weighted by atomic mass is 10.2. The van der Waals surface area contributed by atoms with E-state index in [0.717, 1.165) is 25.7 Å². The first-order valence-electron chi connectivity index (χ1n) is 9.58. The molecule has 1 fully saturated rings. The van der Waals surface area contributed by atoms with E-state index in [1.54, 1.807) is 0 Å². The Morgan fingerprint density at radius 1 is 1.24 bits per heavy atom. The number of rotatable bonds is 6. The first-order valence-corrected chi connectivity index (χ1v) is 11.4. The van der Waals surface area contributed by atoms with Crippen molar-refractivity contribution < 1.29 is 22.5 Å². The van der Waals surface area contributed by atoms with E-state index >= 15 is 0 Å². The lowest BCUT2D eigenvalue weighted by molar-refractivity contribution is 0.0429. The fraction of sp³-hybridized carbons (Fsp3) is 0.526. The minimum atomic E-state index is -3.79. The molecule has 0 unspecified atom stereocenters. The smallest absolute Gasteiger partial charge is 0.338 e. The zero-order valence-corrected chi connectivity index (χ0v) is 18.0. The van der Waals surface area contributed by atoms with Gasteiger partial charge < -0.3 is 9.26 Å². The fourth-order valence-corrected chi connectivity index (χ4v) is 5.04. The maximum absolute atomic E-state index is 13.0. The molecule has 0 amide bonds. The van der Waals surface area contributed by atoms with Crippen LogP contribution in [-0.4, -0.2) is 41.9 Å². The van der Waals surface area contributed by atoms with Crippen molar-refractivity contribution in [3.05, 3.63) is 40.5 Å². The Balaban J connectivity index is 1.75. The van der Waals surface area contributed by atoms with Crippen LogP contribution in [0.1, 0.15) is 67.5 Å². The van der Waals surface area contributed by atoms with E-state index in [1.165, 1.54) is 22.5 Å². The standard InChI is InChI=1S/C19H24ClN3O5S/c1-13(2)18-21-17(28-22-18)12-27-19(24)14-7-8-15(20)16(11-14)29(25,26)23-9-5-3-4-6-10-23/h7-8,11,13H,3-6,9-10,12H2,1-2H3. The van der Waals surface area contributed by atoms with Crippen LogP contribution in [0, 0.1) is 0 Å². The SMILES string of the molecule is CC(C)c1noc(COC(=O)c2ccc(Cl)c(S(=O)(=O)N3CCCCCC3)c2)n1. The number of carbonyl (C=O) groups is 1. The highest BCUT2D eigenvalue weighted by molar-refractivity contribution is 7.89. The molecule has 1 aliphatic heterocycles. The van der Waals surface area contributed by atoms with Crippen LogP contribution in [0.15, 0.2) is 27.6 Å². The summed E-state index contributed by atoms with van der Waals surface area (Å²) in [5.41, 5.74) is 0.0893. The third kappa shape index (κ3) is 5.15. The Morgan fingerprint density at radius 3 is 2.55 bits per heavy atom. The predicted octanol–water partition coefficient (Wildman–Crippen LogP) is 3.77. The zero-order chi connectivity index (χ0) is 21.0. The molecule has 0 saturated carbocycles. The van der Waals surface area contributed by atoms with Crippen molar-refractivity contribution in [1.82, 2.24) is 14.4 Å². The van der Waals surface area contributed by atoms with Crippen molar-refractivity contribution in [2.75, 3.05) is 13.1 Å². The molecule has 0 bridgehead atoms. The molecule has 0 aliphatic carbocycles. The van der Waals surface area contributed by atoms with Gasteiger partial charge in [-0.15, -0.1) is 0 Å². The van der Waals surface area contributed by atoms with Crippen molar-refractivity contribution in [3.8, 4) is 0 Å². The molecule has 1 aromatic heterocycles. The number of carbonyl (C=O) groups excluding carboxylic acids is 1. The number of ether oxygens (including phenoxy) is 1. The summed E-state index contributed by atoms with van der Waals surface area (Å²) in [5.74, 6) is 0.0892. The van der Waals surface area contributed by atoms with Crippen molar-refractivity contribution in [2.24, 2.45) is 0 Å². The minimum absolute atomic E-state index is 0.0734. The quantitative estimate of drug-likeness (QED) is 0.628. The molecule has 29 heavy (non-hydrogen) atoms. The average molecular weight is 442 g/mol. The normalized spacial score (nSPS) is 16.0. The molecule has 0 atom stereocenters. The summed E-state index contributed by atoms with van der Waals surface area (Å²) in [6, 6.07) is 4.09. The predicted molar refractivity (Wildman–Crippen MR) is 106 cm³/mol. The van der Waals surface area contributed by atoms with Gasteiger partial charge in [-0.05, 0) is 31.0 Å². The van der Waals surface area contributed by atoms with Gasteiger partial charge in [0.1, 0.15) is 4.90 Å². The Hall–Kier alpha value is -1.97. The number of esters is 1. The van der Waals surface area contributed by atoms with E-state index in [0.29, 0.717) is 18.9 Å². The summed E-state index contributed by atoms with van der Waals surface area (Å²) < 4.78 is 37.7. The molecule has 2 heterocycles. The molecule has 1 aromatic carbocycles. The van der Waals surface area contributed by atoms with Gasteiger partial charge >= 0.3 is 5.97 Å². The van der Waals surface area contributed by atoms with Gasteiger partial charge in [0, 0.05) is 19.0 Å². The van der Waals surface area contributed by atoms with Gasteiger partial charge in [0.15, 0.2) is 12.4 Å². The molecular weight excluding hydrogens is 418 g/mol. The molecule has 1 aliphatic rings. The van der Waals surface area contributed by atoms with Crippen molar-refractivity contribution >= 4 is 27.6 Å². The molecule has 158 valence electrons. The average Bonchev–Trinajstić information content (AvgIpc) is 2.99. The molecule has 10 heteroatoms. The lowest BCUT2D eigenvalue weighted by Crippen LogP contribution is -2.32. The second-order valence-corrected chi connectivity index (χ2v) is 9.55. The van der Waals surface area contributed by atoms with E-state index in [1.807, 2.05) is 13.8 Å². The summed E-state index contributed by atoms with van der Waals surface area (Å²) in [6.45, 7) is 4.53. The Kier molecular flexibility index (Phi) is 6.92. The number of sulfonamides is 1. The number of aromatic nitrogens is 2. The van der Waals surface area contributed by atoms with Gasteiger partial charge in [-0.2, -0.15) is 9.29 Å². The van der Waals surface area contributed by atoms with Crippen molar-refractivity contribution in [1.29, 1.82) is 0 Å². The molecule has 2 aromatic rings. The van der Waals surface area contributed by atoms with E-state index in [2.05, 4.69) is 10.1 Å². The van der Waals surface area contributed by atoms with Crippen LogP contribution >= 0.6 is 11.6 Å². The molecule has 0 N–H and O–H groups in total. The first-order chi connectivity index (χ1) is 13.8. The maximum atomic E-state index is 13.0. The highest BCUT2D eigenvalue weighted by atomic mass is 35.5. The van der Waals surface area contributed by atoms with Gasteiger partial charge in [-0.3, -0.25) is 0 Å². The van der Waals surface area contributed by atoms with Crippen LogP contribution in [0.4, 0.5) is 0 Å². The van der Waals surface area contributed by atoms with E-state index in [9.17, 15) is 13.2 Å². The lowest BCUT2D eigenvalue weighted by Gasteiger charge is -2.20. The molecule has 0 radical (unpaired) electrons. The largest absolute Gasteiger partial charge is 0.452 e. The van der Waals surface area contributed by atoms with Crippen molar-refractivity contribution in [3.63, 3.8) is 0 Å². The second-order valence-electron chi connectivity index (χ2n) is 7.24. The summed E-state index contributed by atoms with van der Waals surface area (Å²) in [7, 11) is -3.79. The number of hydrogen-bond acceptors (Lipinski definition) is 7. The van der Waals surface area contributed by atoms with Crippen molar-refractivity contribution in [2.45, 2.75) is 57.0 Å². The van der Waals surface area contributed by atoms with Crippen LogP contribution in [-0.2, 0) is 21.4 Å². The van der Waals surface area contributed by atoms with Gasteiger partial charge in [0.2, 0.25) is 10.0 Å². The highest BCUT2D eigenvalue weighted by Crippen LogP contribution is 2.28. The third-order valence-electron chi connectivity index (χ3n) is 4.68. The van der Waals surface area contributed by atoms with Crippen LogP contribution < -0.4 is 0 Å². The molecule has 1 saturated heterocycles. The summed E-state index contributed by atoms with van der Waals surface area (Å²) in [5, 5.41) is 3.88. The van der Waals surface area contributed by atoms with Gasteiger partial charge in [-0.25, -0.2) is 13.2 Å². The summed E-state index contributed by atoms with van der Waals surface area (Å²) >= 11 is 6.16. The summed E-state index contributed by atoms with van der Waals surface area (Å²) in [4.78, 5) is 16.5. The maximum Gasteiger partial charge on any atom is 0.338 e. The molecule has 0 spiro atoms. The monoisotopic (exact) mass is 441 g/mol. The molecular formula is C19H24ClN3O5S. The topological polar surface area (TPSA) is 103 Å². The van der Waals surface area contributed by atoms with Gasteiger partial charge in [0.25, 0.3) is 5.89 Å². The Labute approximate surface area is 175 Å². The number of halogens is 1. The molecule has 3 rings (SSSR count). The van der Waals surface area contributed by atoms with E-state index in [4.69, 9.17) is 20.9 Å². The van der Waals surface area contributed by atoms with Gasteiger partial charge in [-0.1, -0.05) is 43.4 Å². The highest BCUT2D eigenvalue weighted by Gasteiger charge is 2.28. The van der Waals surface area contributed by atoms with Crippen LogP contribution in [0.2, 0.25) is 5.02 Å². The summed E-state index contributed by atoms with van der Waals surface area (Å²) in [6.07, 6.45) is 3.61. The van der Waals surface area contributed by atoms with E-state index < -0.39 is 16.0 Å². The van der Waals surface area contributed by atoms with Crippen LogP contribution in [0.25, 0.3) is 0 Å². The minimum Gasteiger partial charge on any atom is -0.452 e. The zero-order valence-electron chi connectivity index (χ0n) is 16.4. The van der Waals surface area contributed by atoms with Crippen LogP contribution in [0.3, 0.4) is 0 Å². The first kappa shape index (κ1) is 21.7. The van der Waals surface area contributed by atoms with Crippen LogP contribution in [0.5, 0.6) is 0 Å². The third-order valence-corrected chi connectivity index (χ3v) is 7.06. The Morgan fingerprint density at radius 2 is 1.93 bits per heavy atom. The van der Waals surface area contributed by atoms with Gasteiger partial charge in [0.05, 0.1) is 10.6 Å².